The second-order valence-corrected chi connectivity index (χ2v) is 3.40. The number of imidazole rings is 1. The first-order valence-electron chi connectivity index (χ1n) is 4.85. The highest BCUT2D eigenvalue weighted by molar-refractivity contribution is 5.81. The molecule has 2 heterocycles. The van der Waals surface area contributed by atoms with E-state index in [1.54, 1.807) is 12.4 Å². The standard InChI is InChI=1S/C9H14N4O/c14-9(7-2-1-3-10-7)13-6-8-11-4-5-12-8/h4-5,7,10H,1-3,6H2,(H,11,12)(H,13,14)/t7-/m1/s1. The van der Waals surface area contributed by atoms with Crippen LogP contribution in [0.1, 0.15) is 18.7 Å². The number of carbonyl (C=O) groups excluding carboxylic acids is 1. The molecule has 5 heteroatoms. The van der Waals surface area contributed by atoms with Gasteiger partial charge in [0.15, 0.2) is 0 Å². The third-order valence-corrected chi connectivity index (χ3v) is 2.36. The maximum atomic E-state index is 11.5. The number of amides is 1. The van der Waals surface area contributed by atoms with Crippen molar-refractivity contribution in [2.45, 2.75) is 25.4 Å². The van der Waals surface area contributed by atoms with Gasteiger partial charge in [-0.05, 0) is 19.4 Å². The normalized spacial score (nSPS) is 21.0. The Labute approximate surface area is 82.3 Å². The molecular formula is C9H14N4O. The van der Waals surface area contributed by atoms with Gasteiger partial charge in [-0.25, -0.2) is 4.98 Å². The van der Waals surface area contributed by atoms with Crippen LogP contribution in [0.4, 0.5) is 0 Å². The van der Waals surface area contributed by atoms with Crippen molar-refractivity contribution in [2.75, 3.05) is 6.54 Å². The first-order chi connectivity index (χ1) is 6.86. The zero-order chi connectivity index (χ0) is 9.80. The molecule has 1 aliphatic rings. The topological polar surface area (TPSA) is 69.8 Å². The summed E-state index contributed by atoms with van der Waals surface area (Å²) in [5.74, 6) is 0.857. The van der Waals surface area contributed by atoms with Crippen LogP contribution < -0.4 is 10.6 Å². The molecule has 1 atom stereocenters. The molecule has 1 fully saturated rings. The van der Waals surface area contributed by atoms with Crippen molar-refractivity contribution >= 4 is 5.91 Å². The fourth-order valence-corrected chi connectivity index (χ4v) is 1.60. The van der Waals surface area contributed by atoms with E-state index in [2.05, 4.69) is 20.6 Å². The number of rotatable bonds is 3. The molecule has 0 unspecified atom stereocenters. The van der Waals surface area contributed by atoms with Gasteiger partial charge in [0.05, 0.1) is 12.6 Å². The fraction of sp³-hybridized carbons (Fsp3) is 0.556. The second kappa shape index (κ2) is 4.23. The Morgan fingerprint density at radius 1 is 1.71 bits per heavy atom. The lowest BCUT2D eigenvalue weighted by Gasteiger charge is -2.09. The number of nitrogens with one attached hydrogen (secondary N) is 3. The van der Waals surface area contributed by atoms with E-state index in [1.165, 1.54) is 0 Å². The minimum absolute atomic E-state index is 0.00929. The third kappa shape index (κ3) is 2.11. The Balaban J connectivity index is 1.77. The minimum atomic E-state index is -0.00929. The van der Waals surface area contributed by atoms with E-state index in [-0.39, 0.29) is 11.9 Å². The van der Waals surface area contributed by atoms with Crippen LogP contribution in [0.3, 0.4) is 0 Å². The van der Waals surface area contributed by atoms with Crippen LogP contribution in [0, 0.1) is 0 Å². The van der Waals surface area contributed by atoms with Gasteiger partial charge in [-0.3, -0.25) is 4.79 Å². The van der Waals surface area contributed by atoms with Crippen molar-refractivity contribution in [3.8, 4) is 0 Å². The highest BCUT2D eigenvalue weighted by Crippen LogP contribution is 2.04. The molecule has 5 nitrogen and oxygen atoms in total. The van der Waals surface area contributed by atoms with E-state index < -0.39 is 0 Å². The molecule has 0 spiro atoms. The molecule has 1 aromatic heterocycles. The lowest BCUT2D eigenvalue weighted by molar-refractivity contribution is -0.122. The molecule has 1 amide bonds. The molecular weight excluding hydrogens is 180 g/mol. The van der Waals surface area contributed by atoms with Crippen LogP contribution >= 0.6 is 0 Å². The molecule has 3 N–H and O–H groups in total. The van der Waals surface area contributed by atoms with Crippen LogP contribution in [0.2, 0.25) is 0 Å². The van der Waals surface area contributed by atoms with Gasteiger partial charge in [-0.15, -0.1) is 0 Å². The van der Waals surface area contributed by atoms with Crippen LogP contribution in [-0.4, -0.2) is 28.5 Å². The van der Waals surface area contributed by atoms with E-state index in [0.29, 0.717) is 6.54 Å². The summed E-state index contributed by atoms with van der Waals surface area (Å²) in [5.41, 5.74) is 0. The maximum Gasteiger partial charge on any atom is 0.237 e. The SMILES string of the molecule is O=C(NCc1ncc[nH]1)[C@H]1CCCN1. The molecule has 14 heavy (non-hydrogen) atoms. The monoisotopic (exact) mass is 194 g/mol. The quantitative estimate of drug-likeness (QED) is 0.623. The highest BCUT2D eigenvalue weighted by atomic mass is 16.2. The zero-order valence-corrected chi connectivity index (χ0v) is 7.92. The number of carbonyl (C=O) groups is 1. The summed E-state index contributed by atoms with van der Waals surface area (Å²) in [4.78, 5) is 18.5. The Morgan fingerprint density at radius 3 is 3.29 bits per heavy atom. The highest BCUT2D eigenvalue weighted by Gasteiger charge is 2.21. The molecule has 1 aliphatic heterocycles. The molecule has 2 rings (SSSR count). The Kier molecular flexibility index (Phi) is 2.78. The predicted octanol–water partition coefficient (Wildman–Crippen LogP) is -0.222. The third-order valence-electron chi connectivity index (χ3n) is 2.36. The Morgan fingerprint density at radius 2 is 2.64 bits per heavy atom. The summed E-state index contributed by atoms with van der Waals surface area (Å²) < 4.78 is 0. The van der Waals surface area contributed by atoms with Crippen LogP contribution in [0.5, 0.6) is 0 Å². The summed E-state index contributed by atoms with van der Waals surface area (Å²) in [6, 6.07) is -0.00929. The number of nitrogens with zero attached hydrogens (tertiary/aromatic N) is 1. The molecule has 1 saturated heterocycles. The zero-order valence-electron chi connectivity index (χ0n) is 7.92. The van der Waals surface area contributed by atoms with E-state index in [1.807, 2.05) is 0 Å². The number of hydrogen-bond acceptors (Lipinski definition) is 3. The van der Waals surface area contributed by atoms with E-state index in [0.717, 1.165) is 25.2 Å². The van der Waals surface area contributed by atoms with Crippen LogP contribution in [0.25, 0.3) is 0 Å². The van der Waals surface area contributed by atoms with Gasteiger partial charge in [-0.1, -0.05) is 0 Å². The summed E-state index contributed by atoms with van der Waals surface area (Å²) in [6.45, 7) is 1.42. The van der Waals surface area contributed by atoms with Gasteiger partial charge in [-0.2, -0.15) is 0 Å². The molecule has 1 aromatic rings. The van der Waals surface area contributed by atoms with E-state index >= 15 is 0 Å². The smallest absolute Gasteiger partial charge is 0.237 e. The van der Waals surface area contributed by atoms with Crippen LogP contribution in [0.15, 0.2) is 12.4 Å². The number of aromatic amines is 1. The van der Waals surface area contributed by atoms with E-state index in [9.17, 15) is 4.79 Å². The predicted molar refractivity (Wildman–Crippen MR) is 51.5 cm³/mol. The summed E-state index contributed by atoms with van der Waals surface area (Å²) >= 11 is 0. The van der Waals surface area contributed by atoms with Gasteiger partial charge in [0.25, 0.3) is 0 Å². The van der Waals surface area contributed by atoms with Crippen LogP contribution in [-0.2, 0) is 11.3 Å². The van der Waals surface area contributed by atoms with Crippen molar-refractivity contribution < 1.29 is 4.79 Å². The van der Waals surface area contributed by atoms with Gasteiger partial charge >= 0.3 is 0 Å². The van der Waals surface area contributed by atoms with Gasteiger partial charge in [0, 0.05) is 12.4 Å². The van der Waals surface area contributed by atoms with Gasteiger partial charge in [0.1, 0.15) is 5.82 Å². The summed E-state index contributed by atoms with van der Waals surface area (Å²) in [5, 5.41) is 5.98. The lowest BCUT2D eigenvalue weighted by Crippen LogP contribution is -2.40. The van der Waals surface area contributed by atoms with Crippen molar-refractivity contribution in [3.05, 3.63) is 18.2 Å². The van der Waals surface area contributed by atoms with Crippen molar-refractivity contribution in [2.24, 2.45) is 0 Å². The summed E-state index contributed by atoms with van der Waals surface area (Å²) in [7, 11) is 0. The molecule has 76 valence electrons. The first-order valence-corrected chi connectivity index (χ1v) is 4.85. The van der Waals surface area contributed by atoms with Crippen molar-refractivity contribution in [1.82, 2.24) is 20.6 Å². The average molecular weight is 194 g/mol. The first kappa shape index (κ1) is 9.21. The number of aromatic nitrogens is 2. The summed E-state index contributed by atoms with van der Waals surface area (Å²) in [6.07, 6.45) is 5.44. The molecule has 0 radical (unpaired) electrons. The minimum Gasteiger partial charge on any atom is -0.348 e. The van der Waals surface area contributed by atoms with E-state index in [4.69, 9.17) is 0 Å². The molecule has 0 aliphatic carbocycles. The lowest BCUT2D eigenvalue weighted by atomic mass is 10.2. The molecule has 0 aromatic carbocycles. The van der Waals surface area contributed by atoms with Gasteiger partial charge < -0.3 is 15.6 Å². The van der Waals surface area contributed by atoms with Crippen molar-refractivity contribution in [1.29, 1.82) is 0 Å². The molecule has 0 saturated carbocycles. The number of hydrogen-bond donors (Lipinski definition) is 3. The van der Waals surface area contributed by atoms with Crippen molar-refractivity contribution in [3.63, 3.8) is 0 Å². The molecule has 0 bridgehead atoms. The van der Waals surface area contributed by atoms with Gasteiger partial charge in [0.2, 0.25) is 5.91 Å². The maximum absolute atomic E-state index is 11.5. The Bertz CT molecular complexity index is 290. The second-order valence-electron chi connectivity index (χ2n) is 3.40. The average Bonchev–Trinajstić information content (AvgIpc) is 2.87. The largest absolute Gasteiger partial charge is 0.348 e. The Hall–Kier alpha value is -1.36. The fourth-order valence-electron chi connectivity index (χ4n) is 1.60. The number of H-pyrrole nitrogens is 1.